The molecule has 1 saturated heterocycles. The Balaban J connectivity index is 1.50. The SMILES string of the molecule is O=C(O)c1ccc(SCCN2C(=O)CC[C@@H]2C=C[C@@H](O)Cc2ccc(F)cc2)s1. The standard InChI is InChI=1S/C21H22FNO4S2/c22-15-3-1-14(2-4-15)13-17(24)7-5-16-6-9-19(25)23(16)11-12-28-20-10-8-18(29-20)21(26)27/h1-5,7-8,10,16-17,24H,6,9,11-13H2,(H,26,27)/t16-,17+/m0/s1. The van der Waals surface area contributed by atoms with E-state index in [0.29, 0.717) is 36.4 Å². The predicted octanol–water partition coefficient (Wildman–Crippen LogP) is 3.83. The molecule has 0 aliphatic carbocycles. The number of rotatable bonds is 9. The number of benzene rings is 1. The molecule has 2 atom stereocenters. The predicted molar refractivity (Wildman–Crippen MR) is 112 cm³/mol. The van der Waals surface area contributed by atoms with E-state index in [1.54, 1.807) is 35.2 Å². The normalized spacial score (nSPS) is 17.9. The fourth-order valence-electron chi connectivity index (χ4n) is 3.19. The van der Waals surface area contributed by atoms with Crippen molar-refractivity contribution in [2.75, 3.05) is 12.3 Å². The second kappa shape index (κ2) is 10.0. The molecule has 1 fully saturated rings. The van der Waals surface area contributed by atoms with Crippen LogP contribution in [0.3, 0.4) is 0 Å². The van der Waals surface area contributed by atoms with Gasteiger partial charge in [0.05, 0.1) is 16.4 Å². The van der Waals surface area contributed by atoms with Crippen LogP contribution < -0.4 is 0 Å². The van der Waals surface area contributed by atoms with E-state index < -0.39 is 12.1 Å². The number of carbonyl (C=O) groups excluding carboxylic acids is 1. The summed E-state index contributed by atoms with van der Waals surface area (Å²) in [5, 5.41) is 19.2. The van der Waals surface area contributed by atoms with Gasteiger partial charge in [0.1, 0.15) is 10.7 Å². The first kappa shape index (κ1) is 21.5. The van der Waals surface area contributed by atoms with Gasteiger partial charge in [-0.15, -0.1) is 23.1 Å². The number of thiophene rings is 1. The number of carboxylic acids is 1. The average Bonchev–Trinajstić information content (AvgIpc) is 3.30. The largest absolute Gasteiger partial charge is 0.477 e. The summed E-state index contributed by atoms with van der Waals surface area (Å²) in [4.78, 5) is 25.3. The van der Waals surface area contributed by atoms with Gasteiger partial charge >= 0.3 is 5.97 Å². The van der Waals surface area contributed by atoms with Crippen molar-refractivity contribution in [2.45, 2.75) is 35.6 Å². The lowest BCUT2D eigenvalue weighted by Gasteiger charge is -2.22. The van der Waals surface area contributed by atoms with Gasteiger partial charge in [0, 0.05) is 25.1 Å². The fraction of sp³-hybridized carbons (Fsp3) is 0.333. The molecule has 0 unspecified atom stereocenters. The molecule has 2 aromatic rings. The summed E-state index contributed by atoms with van der Waals surface area (Å²) in [6.45, 7) is 0.562. The van der Waals surface area contributed by atoms with E-state index in [1.165, 1.54) is 35.2 Å². The van der Waals surface area contributed by atoms with E-state index in [0.717, 1.165) is 9.77 Å². The number of aromatic carboxylic acids is 1. The Hall–Kier alpha value is -2.16. The van der Waals surface area contributed by atoms with Crippen molar-refractivity contribution in [2.24, 2.45) is 0 Å². The summed E-state index contributed by atoms with van der Waals surface area (Å²) < 4.78 is 13.9. The summed E-state index contributed by atoms with van der Waals surface area (Å²) >= 11 is 2.76. The number of carboxylic acid groups (broad SMARTS) is 1. The van der Waals surface area contributed by atoms with Crippen LogP contribution in [0.5, 0.6) is 0 Å². The van der Waals surface area contributed by atoms with E-state index in [4.69, 9.17) is 5.11 Å². The van der Waals surface area contributed by atoms with Gasteiger partial charge in [-0.1, -0.05) is 24.3 Å². The zero-order chi connectivity index (χ0) is 20.8. The van der Waals surface area contributed by atoms with Gasteiger partial charge in [0.2, 0.25) is 5.91 Å². The lowest BCUT2D eigenvalue weighted by atomic mass is 10.1. The number of amides is 1. The number of hydrogen-bond acceptors (Lipinski definition) is 5. The molecule has 1 aliphatic heterocycles. The Bertz CT molecular complexity index is 881. The molecule has 1 aromatic carbocycles. The van der Waals surface area contributed by atoms with Gasteiger partial charge in [-0.25, -0.2) is 9.18 Å². The first-order valence-corrected chi connectivity index (χ1v) is 11.1. The number of nitrogens with zero attached hydrogens (tertiary/aromatic N) is 1. The molecule has 8 heteroatoms. The monoisotopic (exact) mass is 435 g/mol. The third-order valence-corrected chi connectivity index (χ3v) is 6.94. The van der Waals surface area contributed by atoms with Gasteiger partial charge in [-0.05, 0) is 36.2 Å². The van der Waals surface area contributed by atoms with Crippen molar-refractivity contribution in [1.82, 2.24) is 4.90 Å². The molecule has 0 bridgehead atoms. The van der Waals surface area contributed by atoms with Crippen LogP contribution in [0.15, 0.2) is 52.8 Å². The van der Waals surface area contributed by atoms with Crippen LogP contribution in [0.4, 0.5) is 4.39 Å². The lowest BCUT2D eigenvalue weighted by Crippen LogP contribution is -2.33. The van der Waals surface area contributed by atoms with Crippen LogP contribution in [0.1, 0.15) is 28.1 Å². The smallest absolute Gasteiger partial charge is 0.345 e. The molecular formula is C21H22FNO4S2. The van der Waals surface area contributed by atoms with Crippen LogP contribution in [0.2, 0.25) is 0 Å². The van der Waals surface area contributed by atoms with Crippen LogP contribution >= 0.6 is 23.1 Å². The molecule has 0 spiro atoms. The number of likely N-dealkylation sites (tertiary alicyclic amines) is 1. The third kappa shape index (κ3) is 6.16. The van der Waals surface area contributed by atoms with Crippen molar-refractivity contribution in [3.05, 3.63) is 64.8 Å². The highest BCUT2D eigenvalue weighted by molar-refractivity contribution is 8.01. The number of thioether (sulfide) groups is 1. The minimum absolute atomic E-state index is 0.0520. The van der Waals surface area contributed by atoms with Crippen molar-refractivity contribution in [3.63, 3.8) is 0 Å². The highest BCUT2D eigenvalue weighted by Gasteiger charge is 2.28. The molecule has 154 valence electrons. The van der Waals surface area contributed by atoms with E-state index in [-0.39, 0.29) is 17.8 Å². The molecule has 0 saturated carbocycles. The molecule has 2 heterocycles. The second-order valence-electron chi connectivity index (χ2n) is 6.75. The quantitative estimate of drug-likeness (QED) is 0.462. The molecular weight excluding hydrogens is 413 g/mol. The van der Waals surface area contributed by atoms with Crippen LogP contribution in [-0.4, -0.2) is 51.4 Å². The van der Waals surface area contributed by atoms with Crippen molar-refractivity contribution >= 4 is 35.0 Å². The van der Waals surface area contributed by atoms with Crippen LogP contribution in [0, 0.1) is 5.82 Å². The average molecular weight is 436 g/mol. The first-order chi connectivity index (χ1) is 13.9. The highest BCUT2D eigenvalue weighted by atomic mass is 32.2. The van der Waals surface area contributed by atoms with Crippen LogP contribution in [-0.2, 0) is 11.2 Å². The molecule has 1 aliphatic rings. The molecule has 29 heavy (non-hydrogen) atoms. The molecule has 1 aromatic heterocycles. The van der Waals surface area contributed by atoms with E-state index >= 15 is 0 Å². The maximum Gasteiger partial charge on any atom is 0.345 e. The van der Waals surface area contributed by atoms with Crippen LogP contribution in [0.25, 0.3) is 0 Å². The van der Waals surface area contributed by atoms with E-state index in [2.05, 4.69) is 0 Å². The summed E-state index contributed by atoms with van der Waals surface area (Å²) in [7, 11) is 0. The van der Waals surface area contributed by atoms with E-state index in [9.17, 15) is 19.1 Å². The van der Waals surface area contributed by atoms with Gasteiger partial charge in [0.15, 0.2) is 0 Å². The van der Waals surface area contributed by atoms with Gasteiger partial charge in [0.25, 0.3) is 0 Å². The zero-order valence-electron chi connectivity index (χ0n) is 15.7. The molecule has 0 radical (unpaired) electrons. The summed E-state index contributed by atoms with van der Waals surface area (Å²) in [5.41, 5.74) is 0.844. The van der Waals surface area contributed by atoms with Crippen molar-refractivity contribution in [3.8, 4) is 0 Å². The molecule has 5 nitrogen and oxygen atoms in total. The second-order valence-corrected chi connectivity index (χ2v) is 9.23. The highest BCUT2D eigenvalue weighted by Crippen LogP contribution is 2.28. The fourth-order valence-corrected chi connectivity index (χ4v) is 5.17. The Labute approximate surface area is 176 Å². The topological polar surface area (TPSA) is 77.8 Å². The zero-order valence-corrected chi connectivity index (χ0v) is 17.3. The summed E-state index contributed by atoms with van der Waals surface area (Å²) in [5.74, 6) is -0.474. The Kier molecular flexibility index (Phi) is 7.46. The molecule has 2 N–H and O–H groups in total. The molecule has 3 rings (SSSR count). The van der Waals surface area contributed by atoms with Crippen molar-refractivity contribution in [1.29, 1.82) is 0 Å². The Morgan fingerprint density at radius 2 is 2.07 bits per heavy atom. The lowest BCUT2D eigenvalue weighted by molar-refractivity contribution is -0.128. The van der Waals surface area contributed by atoms with Gasteiger partial charge in [-0.3, -0.25) is 4.79 Å². The Morgan fingerprint density at radius 1 is 1.31 bits per heavy atom. The number of carbonyl (C=O) groups is 2. The number of aliphatic hydroxyl groups is 1. The summed E-state index contributed by atoms with van der Waals surface area (Å²) in [6.07, 6.45) is 4.45. The maximum absolute atomic E-state index is 13.0. The first-order valence-electron chi connectivity index (χ1n) is 9.28. The van der Waals surface area contributed by atoms with Gasteiger partial charge < -0.3 is 15.1 Å². The third-order valence-electron chi connectivity index (χ3n) is 4.66. The van der Waals surface area contributed by atoms with Crippen molar-refractivity contribution < 1.29 is 24.2 Å². The minimum atomic E-state index is -0.930. The maximum atomic E-state index is 13.0. The summed E-state index contributed by atoms with van der Waals surface area (Å²) in [6, 6.07) is 9.36. The number of hydrogen-bond donors (Lipinski definition) is 2. The minimum Gasteiger partial charge on any atom is -0.477 e. The number of halogens is 1. The van der Waals surface area contributed by atoms with Gasteiger partial charge in [-0.2, -0.15) is 0 Å². The molecule has 1 amide bonds. The number of aliphatic hydroxyl groups excluding tert-OH is 1. The Morgan fingerprint density at radius 3 is 2.76 bits per heavy atom. The van der Waals surface area contributed by atoms with E-state index in [1.807, 2.05) is 6.08 Å².